The van der Waals surface area contributed by atoms with Crippen LogP contribution in [0.2, 0.25) is 0 Å². The van der Waals surface area contributed by atoms with Crippen molar-refractivity contribution in [2.24, 2.45) is 0 Å². The first-order valence-corrected chi connectivity index (χ1v) is 5.59. The third-order valence-electron chi connectivity index (χ3n) is 1.67. The third-order valence-corrected chi connectivity index (χ3v) is 2.34. The topological polar surface area (TPSA) is 55.2 Å². The summed E-state index contributed by atoms with van der Waals surface area (Å²) in [6.07, 6.45) is 0. The molecule has 0 aliphatic rings. The Morgan fingerprint density at radius 3 is 2.47 bits per heavy atom. The second kappa shape index (κ2) is 4.34. The molecule has 0 atom stereocenters. The molecule has 4 nitrogen and oxygen atoms in total. The molecule has 0 radical (unpaired) electrons. The molecule has 0 saturated carbocycles. The van der Waals surface area contributed by atoms with E-state index >= 15 is 0 Å². The summed E-state index contributed by atoms with van der Waals surface area (Å²) in [5.41, 5.74) is 0.502. The highest BCUT2D eigenvalue weighted by Gasteiger charge is 2.18. The molecule has 0 spiro atoms. The highest BCUT2D eigenvalue weighted by molar-refractivity contribution is 14.1. The molecule has 82 valence electrons. The van der Waals surface area contributed by atoms with E-state index in [9.17, 15) is 10.1 Å². The van der Waals surface area contributed by atoms with Crippen LogP contribution in [0.4, 0.5) is 11.4 Å². The Hall–Kier alpha value is -0.850. The highest BCUT2D eigenvalue weighted by Crippen LogP contribution is 2.28. The molecule has 0 heterocycles. The van der Waals surface area contributed by atoms with Crippen molar-refractivity contribution >= 4 is 34.0 Å². The van der Waals surface area contributed by atoms with Gasteiger partial charge < -0.3 is 5.32 Å². The van der Waals surface area contributed by atoms with Gasteiger partial charge in [-0.25, -0.2) is 0 Å². The van der Waals surface area contributed by atoms with Crippen LogP contribution in [0.1, 0.15) is 20.8 Å². The average molecular weight is 320 g/mol. The Morgan fingerprint density at radius 2 is 2.00 bits per heavy atom. The number of nitrogens with zero attached hydrogens (tertiary/aromatic N) is 1. The van der Waals surface area contributed by atoms with Crippen molar-refractivity contribution in [1.29, 1.82) is 0 Å². The summed E-state index contributed by atoms with van der Waals surface area (Å²) in [5.74, 6) is 0. The first kappa shape index (κ1) is 12.2. The molecule has 0 aliphatic carbocycles. The molecule has 0 amide bonds. The maximum absolute atomic E-state index is 10.8. The van der Waals surface area contributed by atoms with Gasteiger partial charge in [-0.05, 0) is 55.5 Å². The Bertz CT molecular complexity index is 385. The largest absolute Gasteiger partial charge is 0.375 e. The van der Waals surface area contributed by atoms with Gasteiger partial charge in [-0.15, -0.1) is 0 Å². The van der Waals surface area contributed by atoms with Crippen molar-refractivity contribution in [2.75, 3.05) is 5.32 Å². The summed E-state index contributed by atoms with van der Waals surface area (Å²) in [5, 5.41) is 13.9. The lowest BCUT2D eigenvalue weighted by molar-refractivity contribution is -0.384. The van der Waals surface area contributed by atoms with Gasteiger partial charge in [0.1, 0.15) is 5.69 Å². The number of halogens is 1. The Kier molecular flexibility index (Phi) is 3.54. The van der Waals surface area contributed by atoms with Gasteiger partial charge in [0.2, 0.25) is 0 Å². The summed E-state index contributed by atoms with van der Waals surface area (Å²) in [6, 6.07) is 5.15. The maximum Gasteiger partial charge on any atom is 0.293 e. The predicted molar refractivity (Wildman–Crippen MR) is 69.2 cm³/mol. The van der Waals surface area contributed by atoms with Gasteiger partial charge in [-0.1, -0.05) is 0 Å². The van der Waals surface area contributed by atoms with Crippen LogP contribution >= 0.6 is 22.6 Å². The zero-order valence-corrected chi connectivity index (χ0v) is 11.0. The van der Waals surface area contributed by atoms with E-state index in [0.29, 0.717) is 5.69 Å². The Morgan fingerprint density at radius 1 is 1.40 bits per heavy atom. The highest BCUT2D eigenvalue weighted by atomic mass is 127. The molecule has 0 unspecified atom stereocenters. The van der Waals surface area contributed by atoms with Crippen LogP contribution in [0.25, 0.3) is 0 Å². The fraction of sp³-hybridized carbons (Fsp3) is 0.400. The fourth-order valence-electron chi connectivity index (χ4n) is 1.17. The molecule has 1 rings (SSSR count). The van der Waals surface area contributed by atoms with E-state index in [2.05, 4.69) is 27.9 Å². The van der Waals surface area contributed by atoms with Gasteiger partial charge in [-0.2, -0.15) is 0 Å². The smallest absolute Gasteiger partial charge is 0.293 e. The molecule has 0 aliphatic heterocycles. The van der Waals surface area contributed by atoms with Gasteiger partial charge in [0.25, 0.3) is 5.69 Å². The van der Waals surface area contributed by atoms with Crippen molar-refractivity contribution in [3.8, 4) is 0 Å². The second-order valence-electron chi connectivity index (χ2n) is 4.29. The number of hydrogen-bond acceptors (Lipinski definition) is 3. The van der Waals surface area contributed by atoms with Crippen molar-refractivity contribution in [3.63, 3.8) is 0 Å². The number of nitro benzene ring substituents is 1. The van der Waals surface area contributed by atoms with Gasteiger partial charge in [-0.3, -0.25) is 10.1 Å². The third kappa shape index (κ3) is 3.65. The summed E-state index contributed by atoms with van der Waals surface area (Å²) >= 11 is 2.06. The zero-order valence-electron chi connectivity index (χ0n) is 8.87. The lowest BCUT2D eigenvalue weighted by atomic mass is 10.1. The summed E-state index contributed by atoms with van der Waals surface area (Å²) in [7, 11) is 0. The summed E-state index contributed by atoms with van der Waals surface area (Å²) in [6.45, 7) is 5.90. The number of anilines is 1. The molecule has 1 aromatic carbocycles. The summed E-state index contributed by atoms with van der Waals surface area (Å²) in [4.78, 5) is 10.5. The van der Waals surface area contributed by atoms with Gasteiger partial charge >= 0.3 is 0 Å². The molecule has 0 bridgehead atoms. The van der Waals surface area contributed by atoms with Gasteiger partial charge in [0.05, 0.1) is 4.92 Å². The predicted octanol–water partition coefficient (Wildman–Crippen LogP) is 3.41. The van der Waals surface area contributed by atoms with Crippen LogP contribution in [0.15, 0.2) is 18.2 Å². The van der Waals surface area contributed by atoms with Crippen LogP contribution in [0.5, 0.6) is 0 Å². The van der Waals surface area contributed by atoms with Crippen molar-refractivity contribution in [3.05, 3.63) is 31.9 Å². The lowest BCUT2D eigenvalue weighted by Crippen LogP contribution is -2.26. The monoisotopic (exact) mass is 320 g/mol. The SMILES string of the molecule is CC(C)(C)Nc1ccc(I)cc1[N+](=O)[O-]. The van der Waals surface area contributed by atoms with E-state index in [1.165, 1.54) is 0 Å². The van der Waals surface area contributed by atoms with E-state index in [-0.39, 0.29) is 16.1 Å². The van der Waals surface area contributed by atoms with Crippen LogP contribution in [-0.2, 0) is 0 Å². The lowest BCUT2D eigenvalue weighted by Gasteiger charge is -2.21. The number of nitrogens with one attached hydrogen (secondary N) is 1. The van der Waals surface area contributed by atoms with E-state index in [4.69, 9.17) is 0 Å². The standard InChI is InChI=1S/C10H13IN2O2/c1-10(2,3)12-8-5-4-7(11)6-9(8)13(14)15/h4-6,12H,1-3H3. The molecule has 1 aromatic rings. The molecule has 5 heteroatoms. The minimum Gasteiger partial charge on any atom is -0.375 e. The van der Waals surface area contributed by atoms with Crippen molar-refractivity contribution in [2.45, 2.75) is 26.3 Å². The molecular weight excluding hydrogens is 307 g/mol. The summed E-state index contributed by atoms with van der Waals surface area (Å²) < 4.78 is 0.860. The Labute approximate surface area is 102 Å². The molecule has 15 heavy (non-hydrogen) atoms. The van der Waals surface area contributed by atoms with E-state index in [0.717, 1.165) is 3.57 Å². The number of nitro groups is 1. The normalized spacial score (nSPS) is 11.2. The fourth-order valence-corrected chi connectivity index (χ4v) is 1.64. The van der Waals surface area contributed by atoms with Crippen LogP contribution in [-0.4, -0.2) is 10.5 Å². The van der Waals surface area contributed by atoms with E-state index < -0.39 is 0 Å². The maximum atomic E-state index is 10.8. The number of benzene rings is 1. The number of hydrogen-bond donors (Lipinski definition) is 1. The van der Waals surface area contributed by atoms with E-state index in [1.54, 1.807) is 12.1 Å². The first-order valence-electron chi connectivity index (χ1n) is 4.52. The Balaban J connectivity index is 3.12. The second-order valence-corrected chi connectivity index (χ2v) is 5.54. The average Bonchev–Trinajstić information content (AvgIpc) is 2.05. The molecular formula is C10H13IN2O2. The molecule has 1 N–H and O–H groups in total. The molecule has 0 fully saturated rings. The first-order chi connectivity index (χ1) is 6.79. The quantitative estimate of drug-likeness (QED) is 0.516. The number of rotatable bonds is 2. The van der Waals surface area contributed by atoms with E-state index in [1.807, 2.05) is 26.8 Å². The van der Waals surface area contributed by atoms with Crippen molar-refractivity contribution < 1.29 is 4.92 Å². The van der Waals surface area contributed by atoms with Crippen LogP contribution < -0.4 is 5.32 Å². The molecule has 0 saturated heterocycles. The minimum absolute atomic E-state index is 0.122. The van der Waals surface area contributed by atoms with Crippen molar-refractivity contribution in [1.82, 2.24) is 0 Å². The van der Waals surface area contributed by atoms with Crippen LogP contribution in [0, 0.1) is 13.7 Å². The minimum atomic E-state index is -0.365. The molecule has 0 aromatic heterocycles. The zero-order chi connectivity index (χ0) is 11.6. The van der Waals surface area contributed by atoms with Gasteiger partial charge in [0.15, 0.2) is 0 Å². The van der Waals surface area contributed by atoms with Gasteiger partial charge in [0, 0.05) is 15.2 Å². The van der Waals surface area contributed by atoms with Crippen LogP contribution in [0.3, 0.4) is 0 Å².